The summed E-state index contributed by atoms with van der Waals surface area (Å²) < 4.78 is 7.16. The summed E-state index contributed by atoms with van der Waals surface area (Å²) in [6.07, 6.45) is 0. The molecule has 0 N–H and O–H groups in total. The first-order chi connectivity index (χ1) is 12.2. The van der Waals surface area contributed by atoms with Gasteiger partial charge >= 0.3 is 5.63 Å². The second-order valence-electron chi connectivity index (χ2n) is 5.61. The van der Waals surface area contributed by atoms with Crippen molar-refractivity contribution in [3.8, 4) is 28.1 Å². The highest BCUT2D eigenvalue weighted by Crippen LogP contribution is 2.32. The zero-order valence-corrected chi connectivity index (χ0v) is 14.0. The third-order valence-electron chi connectivity index (χ3n) is 3.99. The molecule has 4 aromatic rings. The highest BCUT2D eigenvalue weighted by molar-refractivity contribution is 6.30. The van der Waals surface area contributed by atoms with Gasteiger partial charge in [-0.05, 0) is 29.8 Å². The Kier molecular flexibility index (Phi) is 4.00. The topological polar surface area (TPSA) is 35.1 Å². The summed E-state index contributed by atoms with van der Waals surface area (Å²) in [7, 11) is 0. The Morgan fingerprint density at radius 2 is 1.28 bits per heavy atom. The fourth-order valence-corrected chi connectivity index (χ4v) is 2.97. The minimum absolute atomic E-state index is 0.375. The molecule has 0 spiro atoms. The molecular formula is C21H14ClNO2. The van der Waals surface area contributed by atoms with E-state index in [2.05, 4.69) is 0 Å². The predicted molar refractivity (Wildman–Crippen MR) is 100 cm³/mol. The van der Waals surface area contributed by atoms with Gasteiger partial charge in [0.2, 0.25) is 0 Å². The molecule has 0 aliphatic rings. The Hall–Kier alpha value is -3.04. The van der Waals surface area contributed by atoms with Gasteiger partial charge in [-0.2, -0.15) is 4.74 Å². The van der Waals surface area contributed by atoms with Crippen molar-refractivity contribution in [1.82, 2.24) is 4.74 Å². The van der Waals surface area contributed by atoms with Crippen molar-refractivity contribution in [2.75, 3.05) is 0 Å². The van der Waals surface area contributed by atoms with E-state index in [1.807, 2.05) is 72.8 Å². The normalized spacial score (nSPS) is 10.8. The molecule has 0 atom stereocenters. The molecule has 4 heteroatoms. The molecule has 0 bridgehead atoms. The maximum atomic E-state index is 12.7. The fraction of sp³-hybridized carbons (Fsp3) is 0. The van der Waals surface area contributed by atoms with Crippen LogP contribution in [0.4, 0.5) is 0 Å². The SMILES string of the molecule is O=c1on(-c2ccc(Cl)cc2)c(-c2ccccc2)c1-c1ccccc1. The van der Waals surface area contributed by atoms with Crippen LogP contribution in [0.5, 0.6) is 0 Å². The summed E-state index contributed by atoms with van der Waals surface area (Å²) >= 11 is 5.99. The standard InChI is InChI=1S/C21H14ClNO2/c22-17-11-13-18(14-12-17)23-20(16-9-5-2-6-10-16)19(21(24)25-23)15-7-3-1-4-8-15/h1-14H. The van der Waals surface area contributed by atoms with Gasteiger partial charge in [-0.15, -0.1) is 0 Å². The lowest BCUT2D eigenvalue weighted by molar-refractivity contribution is 0.327. The molecular weight excluding hydrogens is 334 g/mol. The molecule has 0 aliphatic carbocycles. The van der Waals surface area contributed by atoms with Crippen LogP contribution >= 0.6 is 11.6 Å². The molecule has 0 radical (unpaired) electrons. The van der Waals surface area contributed by atoms with E-state index in [9.17, 15) is 4.79 Å². The second kappa shape index (κ2) is 6.46. The summed E-state index contributed by atoms with van der Waals surface area (Å²) in [5.74, 6) is 0. The van der Waals surface area contributed by atoms with Gasteiger partial charge < -0.3 is 4.52 Å². The second-order valence-corrected chi connectivity index (χ2v) is 6.04. The molecule has 0 fully saturated rings. The van der Waals surface area contributed by atoms with E-state index in [1.165, 1.54) is 0 Å². The molecule has 0 saturated heterocycles. The molecule has 3 nitrogen and oxygen atoms in total. The number of aromatic nitrogens is 1. The van der Waals surface area contributed by atoms with Crippen molar-refractivity contribution in [2.45, 2.75) is 0 Å². The Balaban J connectivity index is 2.03. The first kappa shape index (κ1) is 15.5. The molecule has 25 heavy (non-hydrogen) atoms. The first-order valence-electron chi connectivity index (χ1n) is 7.87. The van der Waals surface area contributed by atoms with Crippen LogP contribution in [0, 0.1) is 0 Å². The van der Waals surface area contributed by atoms with Crippen LogP contribution in [0.3, 0.4) is 0 Å². The van der Waals surface area contributed by atoms with Crippen molar-refractivity contribution in [3.05, 3.63) is 100 Å². The number of halogens is 1. The summed E-state index contributed by atoms with van der Waals surface area (Å²) in [6.45, 7) is 0. The minimum Gasteiger partial charge on any atom is -0.330 e. The summed E-state index contributed by atoms with van der Waals surface area (Å²) in [4.78, 5) is 12.7. The third kappa shape index (κ3) is 2.90. The van der Waals surface area contributed by atoms with Gasteiger partial charge in [-0.3, -0.25) is 0 Å². The first-order valence-corrected chi connectivity index (χ1v) is 8.25. The van der Waals surface area contributed by atoms with Gasteiger partial charge in [0.1, 0.15) is 5.69 Å². The van der Waals surface area contributed by atoms with Gasteiger partial charge in [-0.25, -0.2) is 4.79 Å². The molecule has 0 aliphatic heterocycles. The van der Waals surface area contributed by atoms with Crippen LogP contribution in [0.1, 0.15) is 0 Å². The average Bonchev–Trinajstić information content (AvgIpc) is 3.01. The third-order valence-corrected chi connectivity index (χ3v) is 4.24. The van der Waals surface area contributed by atoms with Crippen LogP contribution in [0.15, 0.2) is 94.2 Å². The number of benzene rings is 3. The Bertz CT molecular complexity index is 1050. The van der Waals surface area contributed by atoms with Crippen molar-refractivity contribution >= 4 is 11.6 Å². The van der Waals surface area contributed by atoms with Crippen molar-refractivity contribution in [3.63, 3.8) is 0 Å². The molecule has 122 valence electrons. The summed E-state index contributed by atoms with van der Waals surface area (Å²) in [5, 5.41) is 0.628. The van der Waals surface area contributed by atoms with Crippen LogP contribution in [0.2, 0.25) is 5.02 Å². The molecule has 4 rings (SSSR count). The summed E-state index contributed by atoms with van der Waals surface area (Å²) in [5.41, 5.74) is 3.35. The highest BCUT2D eigenvalue weighted by Gasteiger charge is 2.21. The minimum atomic E-state index is -0.375. The lowest BCUT2D eigenvalue weighted by atomic mass is 10.0. The maximum Gasteiger partial charge on any atom is 0.366 e. The molecule has 1 heterocycles. The Morgan fingerprint density at radius 1 is 0.720 bits per heavy atom. The number of rotatable bonds is 3. The largest absolute Gasteiger partial charge is 0.366 e. The lowest BCUT2D eigenvalue weighted by Crippen LogP contribution is -1.96. The van der Waals surface area contributed by atoms with Gasteiger partial charge in [0.25, 0.3) is 0 Å². The molecule has 0 saturated carbocycles. The predicted octanol–water partition coefficient (Wildman–Crippen LogP) is 5.42. The fourth-order valence-electron chi connectivity index (χ4n) is 2.85. The molecule has 1 aromatic heterocycles. The van der Waals surface area contributed by atoms with E-state index in [0.717, 1.165) is 22.5 Å². The van der Waals surface area contributed by atoms with E-state index in [-0.39, 0.29) is 5.63 Å². The zero-order chi connectivity index (χ0) is 17.2. The summed E-state index contributed by atoms with van der Waals surface area (Å²) in [6, 6.07) is 26.5. The monoisotopic (exact) mass is 347 g/mol. The average molecular weight is 348 g/mol. The van der Waals surface area contributed by atoms with E-state index in [1.54, 1.807) is 16.9 Å². The number of hydrogen-bond donors (Lipinski definition) is 0. The van der Waals surface area contributed by atoms with E-state index >= 15 is 0 Å². The zero-order valence-electron chi connectivity index (χ0n) is 13.2. The van der Waals surface area contributed by atoms with Gasteiger partial charge in [0, 0.05) is 10.6 Å². The Labute approximate surface area is 149 Å². The maximum absolute atomic E-state index is 12.7. The van der Waals surface area contributed by atoms with Crippen molar-refractivity contribution < 1.29 is 4.52 Å². The lowest BCUT2D eigenvalue weighted by Gasteiger charge is -2.09. The molecule has 3 aromatic carbocycles. The van der Waals surface area contributed by atoms with E-state index in [4.69, 9.17) is 16.1 Å². The van der Waals surface area contributed by atoms with Crippen LogP contribution in [-0.2, 0) is 0 Å². The van der Waals surface area contributed by atoms with Crippen molar-refractivity contribution in [1.29, 1.82) is 0 Å². The Morgan fingerprint density at radius 3 is 1.88 bits per heavy atom. The number of hydrogen-bond acceptors (Lipinski definition) is 2. The quantitative estimate of drug-likeness (QED) is 0.496. The van der Waals surface area contributed by atoms with E-state index < -0.39 is 0 Å². The number of nitrogens with zero attached hydrogens (tertiary/aromatic N) is 1. The molecule has 0 amide bonds. The van der Waals surface area contributed by atoms with Crippen LogP contribution < -0.4 is 5.63 Å². The van der Waals surface area contributed by atoms with E-state index in [0.29, 0.717) is 10.6 Å². The van der Waals surface area contributed by atoms with Gasteiger partial charge in [0.05, 0.1) is 11.3 Å². The van der Waals surface area contributed by atoms with Crippen molar-refractivity contribution in [2.24, 2.45) is 0 Å². The molecule has 0 unspecified atom stereocenters. The van der Waals surface area contributed by atoms with Gasteiger partial charge in [0.15, 0.2) is 0 Å². The van der Waals surface area contributed by atoms with Crippen LogP contribution in [-0.4, -0.2) is 4.74 Å². The highest BCUT2D eigenvalue weighted by atomic mass is 35.5. The smallest absolute Gasteiger partial charge is 0.330 e. The van der Waals surface area contributed by atoms with Crippen LogP contribution in [0.25, 0.3) is 28.1 Å². The van der Waals surface area contributed by atoms with Gasteiger partial charge in [-0.1, -0.05) is 72.3 Å².